The van der Waals surface area contributed by atoms with Gasteiger partial charge in [-0.3, -0.25) is 14.9 Å². The molecule has 2 N–H and O–H groups in total. The topological polar surface area (TPSA) is 92.8 Å². The molecule has 2 aromatic rings. The van der Waals surface area contributed by atoms with E-state index in [-0.39, 0.29) is 17.5 Å². The average Bonchev–Trinajstić information content (AvgIpc) is 3.09. The molecule has 27 heavy (non-hydrogen) atoms. The van der Waals surface area contributed by atoms with Crippen molar-refractivity contribution < 1.29 is 19.1 Å². The van der Waals surface area contributed by atoms with Crippen LogP contribution in [0.15, 0.2) is 17.5 Å². The Labute approximate surface area is 162 Å². The van der Waals surface area contributed by atoms with Crippen LogP contribution in [0.4, 0.5) is 5.13 Å². The Hall–Kier alpha value is -2.65. The third kappa shape index (κ3) is 5.41. The van der Waals surface area contributed by atoms with Gasteiger partial charge in [0.15, 0.2) is 16.6 Å². The number of aromatic nitrogens is 1. The highest BCUT2D eigenvalue weighted by molar-refractivity contribution is 7.14. The van der Waals surface area contributed by atoms with Crippen LogP contribution in [0.3, 0.4) is 0 Å². The summed E-state index contributed by atoms with van der Waals surface area (Å²) in [5, 5.41) is 7.47. The van der Waals surface area contributed by atoms with Crippen molar-refractivity contribution in [2.24, 2.45) is 0 Å². The lowest BCUT2D eigenvalue weighted by atomic mass is 10.1. The highest BCUT2D eigenvalue weighted by Gasteiger charge is 2.17. The van der Waals surface area contributed by atoms with E-state index in [4.69, 9.17) is 9.47 Å². The minimum atomic E-state index is -0.331. The normalized spacial score (nSPS) is 10.6. The van der Waals surface area contributed by atoms with Crippen LogP contribution in [-0.4, -0.2) is 63.1 Å². The highest BCUT2D eigenvalue weighted by atomic mass is 32.1. The predicted molar refractivity (Wildman–Crippen MR) is 105 cm³/mol. The number of likely N-dealkylation sites (N-methyl/N-ethyl adjacent to an activating group) is 1. The van der Waals surface area contributed by atoms with Gasteiger partial charge in [-0.05, 0) is 38.7 Å². The van der Waals surface area contributed by atoms with Crippen molar-refractivity contribution in [3.05, 3.63) is 34.3 Å². The standard InChI is InChI=1S/C18H24N4O4S/c1-11-8-14(25-4)15(26-5)9-12(11)16(23)21-18-20-13(10-27-18)17(24)19-6-7-22(2)3/h8-10H,6-7H2,1-5H3,(H,19,24)(H,20,21,23). The molecule has 0 radical (unpaired) electrons. The fraction of sp³-hybridized carbons (Fsp3) is 0.389. The lowest BCUT2D eigenvalue weighted by Crippen LogP contribution is -2.31. The molecule has 0 aliphatic rings. The van der Waals surface area contributed by atoms with E-state index in [1.165, 1.54) is 25.6 Å². The van der Waals surface area contributed by atoms with Gasteiger partial charge in [0.1, 0.15) is 5.69 Å². The number of ether oxygens (including phenoxy) is 2. The van der Waals surface area contributed by atoms with Gasteiger partial charge in [0.05, 0.1) is 14.2 Å². The minimum absolute atomic E-state index is 0.268. The number of carbonyl (C=O) groups excluding carboxylic acids is 2. The van der Waals surface area contributed by atoms with E-state index in [1.54, 1.807) is 17.5 Å². The molecule has 0 bridgehead atoms. The maximum atomic E-state index is 12.6. The first-order valence-electron chi connectivity index (χ1n) is 8.28. The van der Waals surface area contributed by atoms with Gasteiger partial charge >= 0.3 is 0 Å². The maximum absolute atomic E-state index is 12.6. The number of amides is 2. The number of thiazole rings is 1. The summed E-state index contributed by atoms with van der Waals surface area (Å²) in [6.07, 6.45) is 0. The third-order valence-corrected chi connectivity index (χ3v) is 4.53. The maximum Gasteiger partial charge on any atom is 0.270 e. The van der Waals surface area contributed by atoms with Crippen LogP contribution in [-0.2, 0) is 0 Å². The molecule has 1 aromatic carbocycles. The number of nitrogens with zero attached hydrogens (tertiary/aromatic N) is 2. The molecule has 2 amide bonds. The number of anilines is 1. The van der Waals surface area contributed by atoms with Gasteiger partial charge in [-0.25, -0.2) is 4.98 Å². The molecule has 1 heterocycles. The first-order valence-corrected chi connectivity index (χ1v) is 9.16. The molecule has 2 rings (SSSR count). The zero-order valence-corrected chi connectivity index (χ0v) is 16.9. The van der Waals surface area contributed by atoms with Crippen LogP contribution < -0.4 is 20.1 Å². The summed E-state index contributed by atoms with van der Waals surface area (Å²) < 4.78 is 10.5. The number of nitrogens with one attached hydrogen (secondary N) is 2. The molecule has 146 valence electrons. The predicted octanol–water partition coefficient (Wildman–Crippen LogP) is 2.01. The highest BCUT2D eigenvalue weighted by Crippen LogP contribution is 2.30. The molecule has 0 unspecified atom stereocenters. The summed E-state index contributed by atoms with van der Waals surface area (Å²) in [5.41, 5.74) is 1.46. The van der Waals surface area contributed by atoms with Crippen LogP contribution >= 0.6 is 11.3 Å². The van der Waals surface area contributed by atoms with Crippen molar-refractivity contribution in [2.75, 3.05) is 46.7 Å². The third-order valence-electron chi connectivity index (χ3n) is 3.78. The van der Waals surface area contributed by atoms with Crippen LogP contribution in [0.1, 0.15) is 26.4 Å². The quantitative estimate of drug-likeness (QED) is 0.714. The number of carbonyl (C=O) groups is 2. The van der Waals surface area contributed by atoms with E-state index in [0.29, 0.717) is 28.7 Å². The van der Waals surface area contributed by atoms with E-state index in [9.17, 15) is 9.59 Å². The monoisotopic (exact) mass is 392 g/mol. The number of hydrogen-bond acceptors (Lipinski definition) is 7. The summed E-state index contributed by atoms with van der Waals surface area (Å²) in [4.78, 5) is 30.8. The zero-order chi connectivity index (χ0) is 20.0. The Balaban J connectivity index is 2.07. The molecule has 8 nitrogen and oxygen atoms in total. The second-order valence-electron chi connectivity index (χ2n) is 6.07. The Morgan fingerprint density at radius 1 is 1.15 bits per heavy atom. The van der Waals surface area contributed by atoms with Crippen LogP contribution in [0, 0.1) is 6.92 Å². The second kappa shape index (κ2) is 9.33. The largest absolute Gasteiger partial charge is 0.493 e. The number of aryl methyl sites for hydroxylation is 1. The van der Waals surface area contributed by atoms with E-state index >= 15 is 0 Å². The van der Waals surface area contributed by atoms with Crippen molar-refractivity contribution >= 4 is 28.3 Å². The average molecular weight is 392 g/mol. The Morgan fingerprint density at radius 2 is 1.81 bits per heavy atom. The van der Waals surface area contributed by atoms with Crippen molar-refractivity contribution in [3.63, 3.8) is 0 Å². The SMILES string of the molecule is COc1cc(C)c(C(=O)Nc2nc(C(=O)NCCN(C)C)cs2)cc1OC. The van der Waals surface area contributed by atoms with Gasteiger partial charge in [0.2, 0.25) is 0 Å². The summed E-state index contributed by atoms with van der Waals surface area (Å²) in [5.74, 6) is 0.420. The van der Waals surface area contributed by atoms with Gasteiger partial charge < -0.3 is 19.7 Å². The number of hydrogen-bond donors (Lipinski definition) is 2. The van der Waals surface area contributed by atoms with Gasteiger partial charge in [-0.15, -0.1) is 11.3 Å². The van der Waals surface area contributed by atoms with Gasteiger partial charge in [-0.1, -0.05) is 0 Å². The molecule has 0 saturated carbocycles. The molecule has 0 aliphatic carbocycles. The summed E-state index contributed by atoms with van der Waals surface area (Å²) in [6.45, 7) is 3.07. The molecular weight excluding hydrogens is 368 g/mol. The van der Waals surface area contributed by atoms with Crippen molar-refractivity contribution in [1.29, 1.82) is 0 Å². The Morgan fingerprint density at radius 3 is 2.44 bits per heavy atom. The van der Waals surface area contributed by atoms with Gasteiger partial charge in [0, 0.05) is 24.0 Å². The Kier molecular flexibility index (Phi) is 7.14. The molecule has 0 fully saturated rings. The molecule has 1 aromatic heterocycles. The number of methoxy groups -OCH3 is 2. The molecule has 0 aliphatic heterocycles. The summed E-state index contributed by atoms with van der Waals surface area (Å²) in [6, 6.07) is 3.35. The number of benzene rings is 1. The van der Waals surface area contributed by atoms with Crippen molar-refractivity contribution in [1.82, 2.24) is 15.2 Å². The van der Waals surface area contributed by atoms with E-state index < -0.39 is 0 Å². The lowest BCUT2D eigenvalue weighted by Gasteiger charge is -2.12. The first kappa shape index (κ1) is 20.7. The van der Waals surface area contributed by atoms with E-state index in [2.05, 4.69) is 15.6 Å². The first-order chi connectivity index (χ1) is 12.8. The van der Waals surface area contributed by atoms with Crippen molar-refractivity contribution in [2.45, 2.75) is 6.92 Å². The smallest absolute Gasteiger partial charge is 0.270 e. The minimum Gasteiger partial charge on any atom is -0.493 e. The fourth-order valence-electron chi connectivity index (χ4n) is 2.31. The van der Waals surface area contributed by atoms with E-state index in [1.807, 2.05) is 25.9 Å². The molecule has 0 spiro atoms. The zero-order valence-electron chi connectivity index (χ0n) is 16.1. The van der Waals surface area contributed by atoms with Crippen molar-refractivity contribution in [3.8, 4) is 11.5 Å². The lowest BCUT2D eigenvalue weighted by molar-refractivity contribution is 0.0945. The second-order valence-corrected chi connectivity index (χ2v) is 6.93. The van der Waals surface area contributed by atoms with Crippen LogP contribution in [0.2, 0.25) is 0 Å². The van der Waals surface area contributed by atoms with Crippen LogP contribution in [0.25, 0.3) is 0 Å². The van der Waals surface area contributed by atoms with Gasteiger partial charge in [0.25, 0.3) is 11.8 Å². The van der Waals surface area contributed by atoms with Crippen LogP contribution in [0.5, 0.6) is 11.5 Å². The summed E-state index contributed by atoms with van der Waals surface area (Å²) in [7, 11) is 6.91. The molecule has 0 atom stereocenters. The molecule has 0 saturated heterocycles. The van der Waals surface area contributed by atoms with Gasteiger partial charge in [-0.2, -0.15) is 0 Å². The van der Waals surface area contributed by atoms with E-state index in [0.717, 1.165) is 12.1 Å². The molecule has 9 heteroatoms. The number of rotatable bonds is 8. The Bertz CT molecular complexity index is 820. The molecular formula is C18H24N4O4S. The fourth-order valence-corrected chi connectivity index (χ4v) is 2.99. The summed E-state index contributed by atoms with van der Waals surface area (Å²) >= 11 is 1.19.